The second-order valence-electron chi connectivity index (χ2n) is 7.97. The Bertz CT molecular complexity index is 1110. The van der Waals surface area contributed by atoms with E-state index < -0.39 is 10.0 Å². The van der Waals surface area contributed by atoms with Gasteiger partial charge in [0.1, 0.15) is 10.6 Å². The summed E-state index contributed by atoms with van der Waals surface area (Å²) >= 11 is 0. The number of methoxy groups -OCH3 is 1. The number of hydrogen-bond acceptors (Lipinski definition) is 5. The zero-order valence-electron chi connectivity index (χ0n) is 18.0. The number of nitrogens with one attached hydrogen (secondary N) is 1. The third-order valence-corrected chi connectivity index (χ3v) is 7.80. The summed E-state index contributed by atoms with van der Waals surface area (Å²) in [6.45, 7) is 1.96. The predicted octanol–water partition coefficient (Wildman–Crippen LogP) is 2.54. The molecule has 32 heavy (non-hydrogen) atoms. The Kier molecular flexibility index (Phi) is 6.48. The Hall–Kier alpha value is -2.91. The fourth-order valence-corrected chi connectivity index (χ4v) is 5.78. The van der Waals surface area contributed by atoms with Gasteiger partial charge in [0.2, 0.25) is 15.9 Å². The third kappa shape index (κ3) is 4.49. The molecule has 2 fully saturated rings. The highest BCUT2D eigenvalue weighted by molar-refractivity contribution is 7.89. The Morgan fingerprint density at radius 2 is 1.75 bits per heavy atom. The van der Waals surface area contributed by atoms with Crippen LogP contribution in [-0.2, 0) is 21.4 Å². The largest absolute Gasteiger partial charge is 0.495 e. The molecule has 0 saturated carbocycles. The van der Waals surface area contributed by atoms with Crippen LogP contribution in [0.25, 0.3) is 0 Å². The normalized spacial score (nSPS) is 17.0. The number of ether oxygens (including phenoxy) is 1. The van der Waals surface area contributed by atoms with Crippen LogP contribution in [0.5, 0.6) is 5.75 Å². The van der Waals surface area contributed by atoms with Crippen molar-refractivity contribution in [3.63, 3.8) is 0 Å². The second kappa shape index (κ2) is 9.30. The molecular formula is C23H27N3O5S. The monoisotopic (exact) mass is 457 g/mol. The van der Waals surface area contributed by atoms with Crippen LogP contribution in [0.3, 0.4) is 0 Å². The molecule has 0 atom stereocenters. The van der Waals surface area contributed by atoms with Gasteiger partial charge in [0.15, 0.2) is 0 Å². The van der Waals surface area contributed by atoms with Crippen LogP contribution in [0.15, 0.2) is 47.4 Å². The van der Waals surface area contributed by atoms with Crippen molar-refractivity contribution in [2.75, 3.05) is 31.6 Å². The van der Waals surface area contributed by atoms with Gasteiger partial charge in [-0.3, -0.25) is 9.59 Å². The highest BCUT2D eigenvalue weighted by Gasteiger charge is 2.30. The molecule has 2 saturated heterocycles. The third-order valence-electron chi connectivity index (χ3n) is 5.88. The van der Waals surface area contributed by atoms with Crippen molar-refractivity contribution >= 4 is 27.5 Å². The number of nitrogens with zero attached hydrogens (tertiary/aromatic N) is 2. The van der Waals surface area contributed by atoms with Crippen LogP contribution in [0.1, 0.15) is 41.6 Å². The lowest BCUT2D eigenvalue weighted by Crippen LogP contribution is -2.29. The van der Waals surface area contributed by atoms with Crippen LogP contribution >= 0.6 is 0 Å². The highest BCUT2D eigenvalue weighted by atomic mass is 32.2. The SMILES string of the molecule is COc1ccc(C(=O)NCc2ccc(N3CCCC3=O)cc2)cc1S(=O)(=O)N1CCCC1. The summed E-state index contributed by atoms with van der Waals surface area (Å²) < 4.78 is 32.7. The van der Waals surface area contributed by atoms with Gasteiger partial charge < -0.3 is 15.0 Å². The first-order valence-corrected chi connectivity index (χ1v) is 12.2. The maximum absolute atomic E-state index is 13.0. The summed E-state index contributed by atoms with van der Waals surface area (Å²) in [7, 11) is -2.31. The molecule has 2 aromatic carbocycles. The fraction of sp³-hybridized carbons (Fsp3) is 0.391. The number of amides is 2. The molecule has 2 aromatic rings. The first-order valence-electron chi connectivity index (χ1n) is 10.8. The number of benzene rings is 2. The molecule has 0 aliphatic carbocycles. The summed E-state index contributed by atoms with van der Waals surface area (Å²) in [5.41, 5.74) is 1.99. The average Bonchev–Trinajstić information content (AvgIpc) is 3.50. The molecule has 170 valence electrons. The number of sulfonamides is 1. The van der Waals surface area contributed by atoms with Crippen LogP contribution in [0, 0.1) is 0 Å². The van der Waals surface area contributed by atoms with E-state index in [2.05, 4.69) is 5.32 Å². The van der Waals surface area contributed by atoms with Gasteiger partial charge in [-0.05, 0) is 55.2 Å². The number of anilines is 1. The molecule has 2 heterocycles. The van der Waals surface area contributed by atoms with Gasteiger partial charge in [-0.2, -0.15) is 4.31 Å². The molecule has 2 aliphatic heterocycles. The van der Waals surface area contributed by atoms with Crippen LogP contribution in [0.2, 0.25) is 0 Å². The van der Waals surface area contributed by atoms with E-state index in [1.807, 2.05) is 24.3 Å². The van der Waals surface area contributed by atoms with Gasteiger partial charge in [0.25, 0.3) is 5.91 Å². The van der Waals surface area contributed by atoms with E-state index in [0.717, 1.165) is 37.1 Å². The highest BCUT2D eigenvalue weighted by Crippen LogP contribution is 2.30. The molecule has 2 amide bonds. The summed E-state index contributed by atoms with van der Waals surface area (Å²) in [6.07, 6.45) is 3.10. The lowest BCUT2D eigenvalue weighted by molar-refractivity contribution is -0.117. The first kappa shape index (κ1) is 22.3. The molecule has 0 unspecified atom stereocenters. The Labute approximate surface area is 188 Å². The molecule has 0 bridgehead atoms. The molecule has 0 aromatic heterocycles. The first-order chi connectivity index (χ1) is 15.4. The van der Waals surface area contributed by atoms with E-state index >= 15 is 0 Å². The Morgan fingerprint density at radius 1 is 1.03 bits per heavy atom. The van der Waals surface area contributed by atoms with Gasteiger partial charge in [-0.1, -0.05) is 12.1 Å². The van der Waals surface area contributed by atoms with Crippen molar-refractivity contribution in [3.8, 4) is 5.75 Å². The number of carbonyl (C=O) groups is 2. The van der Waals surface area contributed by atoms with Crippen molar-refractivity contribution in [2.24, 2.45) is 0 Å². The maximum atomic E-state index is 13.0. The molecule has 1 N–H and O–H groups in total. The average molecular weight is 458 g/mol. The van der Waals surface area contributed by atoms with Crippen LogP contribution in [0.4, 0.5) is 5.69 Å². The lowest BCUT2D eigenvalue weighted by atomic mass is 10.1. The topological polar surface area (TPSA) is 96.0 Å². The molecular weight excluding hydrogens is 430 g/mol. The van der Waals surface area contributed by atoms with Gasteiger partial charge in [-0.15, -0.1) is 0 Å². The second-order valence-corrected chi connectivity index (χ2v) is 9.88. The fourth-order valence-electron chi connectivity index (χ4n) is 4.09. The van der Waals surface area contributed by atoms with Gasteiger partial charge in [-0.25, -0.2) is 8.42 Å². The minimum absolute atomic E-state index is 0.00850. The lowest BCUT2D eigenvalue weighted by Gasteiger charge is -2.18. The Morgan fingerprint density at radius 3 is 2.38 bits per heavy atom. The standard InChI is InChI=1S/C23H27N3O5S/c1-31-20-11-8-18(15-21(20)32(29,30)25-12-2-3-13-25)23(28)24-16-17-6-9-19(10-7-17)26-14-4-5-22(26)27/h6-11,15H,2-5,12-14,16H2,1H3,(H,24,28). The summed E-state index contributed by atoms with van der Waals surface area (Å²) in [5.74, 6) is -0.0185. The van der Waals surface area contributed by atoms with Gasteiger partial charge >= 0.3 is 0 Å². The van der Waals surface area contributed by atoms with E-state index in [0.29, 0.717) is 19.5 Å². The van der Waals surface area contributed by atoms with E-state index in [4.69, 9.17) is 4.74 Å². The molecule has 8 nitrogen and oxygen atoms in total. The van der Waals surface area contributed by atoms with E-state index in [-0.39, 0.29) is 34.6 Å². The zero-order chi connectivity index (χ0) is 22.7. The van der Waals surface area contributed by atoms with Crippen LogP contribution in [-0.4, -0.2) is 51.3 Å². The van der Waals surface area contributed by atoms with Crippen molar-refractivity contribution in [3.05, 3.63) is 53.6 Å². The minimum Gasteiger partial charge on any atom is -0.495 e. The molecule has 2 aliphatic rings. The van der Waals surface area contributed by atoms with E-state index in [1.165, 1.54) is 23.5 Å². The quantitative estimate of drug-likeness (QED) is 0.689. The smallest absolute Gasteiger partial charge is 0.251 e. The number of hydrogen-bond donors (Lipinski definition) is 1. The van der Waals surface area contributed by atoms with Gasteiger partial charge in [0, 0.05) is 43.9 Å². The maximum Gasteiger partial charge on any atom is 0.251 e. The molecule has 4 rings (SSSR count). The van der Waals surface area contributed by atoms with Crippen molar-refractivity contribution in [1.29, 1.82) is 0 Å². The summed E-state index contributed by atoms with van der Waals surface area (Å²) in [5, 5.41) is 2.83. The summed E-state index contributed by atoms with van der Waals surface area (Å²) in [6, 6.07) is 11.9. The predicted molar refractivity (Wildman–Crippen MR) is 120 cm³/mol. The van der Waals surface area contributed by atoms with E-state index in [9.17, 15) is 18.0 Å². The summed E-state index contributed by atoms with van der Waals surface area (Å²) in [4.78, 5) is 26.4. The minimum atomic E-state index is -3.73. The molecule has 9 heteroatoms. The molecule has 0 radical (unpaired) electrons. The Balaban J connectivity index is 1.46. The van der Waals surface area contributed by atoms with E-state index in [1.54, 1.807) is 11.0 Å². The van der Waals surface area contributed by atoms with Crippen LogP contribution < -0.4 is 15.0 Å². The molecule has 0 spiro atoms. The van der Waals surface area contributed by atoms with Crippen molar-refractivity contribution in [2.45, 2.75) is 37.1 Å². The number of rotatable bonds is 7. The van der Waals surface area contributed by atoms with Crippen molar-refractivity contribution < 1.29 is 22.7 Å². The van der Waals surface area contributed by atoms with Gasteiger partial charge in [0.05, 0.1) is 7.11 Å². The van der Waals surface area contributed by atoms with Crippen molar-refractivity contribution in [1.82, 2.24) is 9.62 Å². The zero-order valence-corrected chi connectivity index (χ0v) is 18.9. The number of carbonyl (C=O) groups excluding carboxylic acids is 2.